The molecule has 0 saturated heterocycles. The van der Waals surface area contributed by atoms with Gasteiger partial charge in [-0.05, 0) is 31.2 Å². The first-order chi connectivity index (χ1) is 9.22. The first-order valence-electron chi connectivity index (χ1n) is 5.79. The number of nitrogens with zero attached hydrogens (tertiary/aromatic N) is 2. The fourth-order valence-electron chi connectivity index (χ4n) is 1.61. The predicted octanol–water partition coefficient (Wildman–Crippen LogP) is 3.75. The van der Waals surface area contributed by atoms with Gasteiger partial charge < -0.3 is 10.1 Å². The maximum atomic E-state index is 8.90. The predicted molar refractivity (Wildman–Crippen MR) is 74.9 cm³/mol. The van der Waals surface area contributed by atoms with Crippen LogP contribution in [0.15, 0.2) is 36.4 Å². The minimum Gasteiger partial charge on any atom is -0.492 e. The Morgan fingerprint density at radius 2 is 2.16 bits per heavy atom. The summed E-state index contributed by atoms with van der Waals surface area (Å²) in [5.74, 6) is 1.24. The van der Waals surface area contributed by atoms with Gasteiger partial charge in [0.2, 0.25) is 0 Å². The zero-order chi connectivity index (χ0) is 13.7. The van der Waals surface area contributed by atoms with Gasteiger partial charge in [0.05, 0.1) is 23.9 Å². The summed E-state index contributed by atoms with van der Waals surface area (Å²) in [6.07, 6.45) is 0. The highest BCUT2D eigenvalue weighted by molar-refractivity contribution is 6.29. The number of nitrogens with one attached hydrogen (secondary N) is 1. The van der Waals surface area contributed by atoms with Crippen LogP contribution in [0.5, 0.6) is 5.75 Å². The fraction of sp³-hybridized carbons (Fsp3) is 0.143. The minimum atomic E-state index is 0.274. The number of aromatic nitrogens is 1. The molecule has 2 rings (SSSR count). The molecule has 5 heteroatoms. The van der Waals surface area contributed by atoms with E-state index < -0.39 is 0 Å². The molecule has 0 fully saturated rings. The highest BCUT2D eigenvalue weighted by Gasteiger charge is 2.05. The summed E-state index contributed by atoms with van der Waals surface area (Å²) in [7, 11) is 0. The standard InChI is InChI=1S/C14H12ClN3O/c1-2-19-12-6-4-3-5-11(12)17-14-8-10(9-16)7-13(15)18-14/h3-8H,2H2,1H3,(H,17,18). The van der Waals surface area contributed by atoms with Gasteiger partial charge >= 0.3 is 0 Å². The second-order valence-corrected chi connectivity index (χ2v) is 4.12. The average molecular weight is 274 g/mol. The third-order valence-electron chi connectivity index (χ3n) is 2.37. The summed E-state index contributed by atoms with van der Waals surface area (Å²) in [5, 5.41) is 12.3. The van der Waals surface area contributed by atoms with Crippen LogP contribution in [0.1, 0.15) is 12.5 Å². The van der Waals surface area contributed by atoms with Gasteiger partial charge in [0, 0.05) is 0 Å². The van der Waals surface area contributed by atoms with Gasteiger partial charge in [-0.1, -0.05) is 23.7 Å². The van der Waals surface area contributed by atoms with E-state index in [1.165, 1.54) is 6.07 Å². The van der Waals surface area contributed by atoms with Crippen molar-refractivity contribution in [1.82, 2.24) is 4.98 Å². The van der Waals surface area contributed by atoms with Crippen LogP contribution >= 0.6 is 11.6 Å². The summed E-state index contributed by atoms with van der Waals surface area (Å²) in [4.78, 5) is 4.13. The number of pyridine rings is 1. The molecule has 0 bridgehead atoms. The molecule has 0 spiro atoms. The molecule has 0 amide bonds. The van der Waals surface area contributed by atoms with Crippen molar-refractivity contribution in [3.8, 4) is 11.8 Å². The van der Waals surface area contributed by atoms with Crippen LogP contribution in [0.25, 0.3) is 0 Å². The lowest BCUT2D eigenvalue weighted by Gasteiger charge is -2.11. The molecule has 0 unspecified atom stereocenters. The molecule has 0 saturated carbocycles. The number of nitriles is 1. The van der Waals surface area contributed by atoms with Gasteiger partial charge in [-0.25, -0.2) is 4.98 Å². The third kappa shape index (κ3) is 3.36. The van der Waals surface area contributed by atoms with Gasteiger partial charge in [0.15, 0.2) is 0 Å². The van der Waals surface area contributed by atoms with E-state index in [4.69, 9.17) is 21.6 Å². The number of rotatable bonds is 4. The minimum absolute atomic E-state index is 0.274. The number of halogens is 1. The Morgan fingerprint density at radius 1 is 1.37 bits per heavy atom. The van der Waals surface area contributed by atoms with E-state index in [0.717, 1.165) is 11.4 Å². The molecule has 4 nitrogen and oxygen atoms in total. The first kappa shape index (κ1) is 13.2. The van der Waals surface area contributed by atoms with Crippen molar-refractivity contribution in [2.45, 2.75) is 6.92 Å². The van der Waals surface area contributed by atoms with E-state index in [0.29, 0.717) is 18.0 Å². The van der Waals surface area contributed by atoms with Crippen LogP contribution in [0.4, 0.5) is 11.5 Å². The van der Waals surface area contributed by atoms with Crippen LogP contribution in [0, 0.1) is 11.3 Å². The Bertz CT molecular complexity index is 622. The summed E-state index contributed by atoms with van der Waals surface area (Å²) in [6.45, 7) is 2.49. The van der Waals surface area contributed by atoms with Crippen molar-refractivity contribution in [2.24, 2.45) is 0 Å². The number of hydrogen-bond acceptors (Lipinski definition) is 4. The molecule has 1 N–H and O–H groups in total. The zero-order valence-electron chi connectivity index (χ0n) is 10.4. The van der Waals surface area contributed by atoms with Crippen LogP contribution in [0.2, 0.25) is 5.15 Å². The van der Waals surface area contributed by atoms with Gasteiger partial charge in [-0.3, -0.25) is 0 Å². The van der Waals surface area contributed by atoms with Gasteiger partial charge in [-0.15, -0.1) is 0 Å². The smallest absolute Gasteiger partial charge is 0.142 e. The molecule has 0 aliphatic heterocycles. The fourth-order valence-corrected chi connectivity index (χ4v) is 1.82. The third-order valence-corrected chi connectivity index (χ3v) is 2.57. The van der Waals surface area contributed by atoms with Gasteiger partial charge in [0.25, 0.3) is 0 Å². The molecule has 0 atom stereocenters. The van der Waals surface area contributed by atoms with Crippen molar-refractivity contribution in [3.05, 3.63) is 47.1 Å². The summed E-state index contributed by atoms with van der Waals surface area (Å²) in [5.41, 5.74) is 1.24. The van der Waals surface area contributed by atoms with Crippen molar-refractivity contribution >= 4 is 23.1 Å². The molecule has 0 aliphatic carbocycles. The normalized spacial score (nSPS) is 9.74. The van der Waals surface area contributed by atoms with Crippen LogP contribution in [-0.2, 0) is 0 Å². The number of ether oxygens (including phenoxy) is 1. The molecule has 1 aromatic carbocycles. The second kappa shape index (κ2) is 6.07. The van der Waals surface area contributed by atoms with E-state index >= 15 is 0 Å². The first-order valence-corrected chi connectivity index (χ1v) is 6.17. The van der Waals surface area contributed by atoms with E-state index in [1.807, 2.05) is 37.3 Å². The largest absolute Gasteiger partial charge is 0.492 e. The van der Waals surface area contributed by atoms with Crippen LogP contribution in [-0.4, -0.2) is 11.6 Å². The maximum Gasteiger partial charge on any atom is 0.142 e. The van der Waals surface area contributed by atoms with Crippen LogP contribution < -0.4 is 10.1 Å². The Labute approximate surface area is 116 Å². The quantitative estimate of drug-likeness (QED) is 0.862. The molecule has 19 heavy (non-hydrogen) atoms. The topological polar surface area (TPSA) is 57.9 Å². The van der Waals surface area contributed by atoms with Crippen LogP contribution in [0.3, 0.4) is 0 Å². The molecule has 96 valence electrons. The monoisotopic (exact) mass is 273 g/mol. The van der Waals surface area contributed by atoms with E-state index in [1.54, 1.807) is 6.07 Å². The highest BCUT2D eigenvalue weighted by Crippen LogP contribution is 2.27. The van der Waals surface area contributed by atoms with Gasteiger partial charge in [0.1, 0.15) is 16.7 Å². The number of para-hydroxylation sites is 2. The molecule has 0 aliphatic rings. The Morgan fingerprint density at radius 3 is 2.89 bits per heavy atom. The molecule has 1 heterocycles. The second-order valence-electron chi connectivity index (χ2n) is 3.73. The van der Waals surface area contributed by atoms with Crippen molar-refractivity contribution < 1.29 is 4.74 Å². The highest BCUT2D eigenvalue weighted by atomic mass is 35.5. The summed E-state index contributed by atoms with van der Waals surface area (Å²) in [6, 6.07) is 12.7. The van der Waals surface area contributed by atoms with Crippen molar-refractivity contribution in [1.29, 1.82) is 5.26 Å². The SMILES string of the molecule is CCOc1ccccc1Nc1cc(C#N)cc(Cl)n1. The molecule has 0 radical (unpaired) electrons. The van der Waals surface area contributed by atoms with E-state index in [9.17, 15) is 0 Å². The van der Waals surface area contributed by atoms with Crippen molar-refractivity contribution in [2.75, 3.05) is 11.9 Å². The number of anilines is 2. The lowest BCUT2D eigenvalue weighted by molar-refractivity contribution is 0.342. The number of hydrogen-bond donors (Lipinski definition) is 1. The maximum absolute atomic E-state index is 8.90. The zero-order valence-corrected chi connectivity index (χ0v) is 11.1. The Kier molecular flexibility index (Phi) is 4.22. The molecular weight excluding hydrogens is 262 g/mol. The van der Waals surface area contributed by atoms with E-state index in [2.05, 4.69) is 10.3 Å². The number of benzene rings is 1. The lowest BCUT2D eigenvalue weighted by Crippen LogP contribution is -1.99. The van der Waals surface area contributed by atoms with E-state index in [-0.39, 0.29) is 5.15 Å². The Hall–Kier alpha value is -2.25. The molecule has 2 aromatic rings. The molecular formula is C14H12ClN3O. The summed E-state index contributed by atoms with van der Waals surface area (Å²) < 4.78 is 5.51. The average Bonchev–Trinajstić information content (AvgIpc) is 2.40. The summed E-state index contributed by atoms with van der Waals surface area (Å²) >= 11 is 5.86. The van der Waals surface area contributed by atoms with Crippen molar-refractivity contribution in [3.63, 3.8) is 0 Å². The molecule has 1 aromatic heterocycles. The lowest BCUT2D eigenvalue weighted by atomic mass is 10.2. The van der Waals surface area contributed by atoms with Gasteiger partial charge in [-0.2, -0.15) is 5.26 Å². The Balaban J connectivity index is 2.31.